The molecule has 0 radical (unpaired) electrons. The normalized spacial score (nSPS) is 13.9. The van der Waals surface area contributed by atoms with Crippen molar-refractivity contribution < 1.29 is 4.90 Å². The third-order valence-corrected chi connectivity index (χ3v) is 5.15. The van der Waals surface area contributed by atoms with Crippen LogP contribution in [0.2, 0.25) is 0 Å². The van der Waals surface area contributed by atoms with Crippen LogP contribution in [0.25, 0.3) is 5.69 Å². The van der Waals surface area contributed by atoms with Crippen molar-refractivity contribution in [3.63, 3.8) is 0 Å². The summed E-state index contributed by atoms with van der Waals surface area (Å²) in [4.78, 5) is 5.30. The molecule has 0 amide bonds. The highest BCUT2D eigenvalue weighted by molar-refractivity contribution is 7.73. The van der Waals surface area contributed by atoms with Crippen molar-refractivity contribution in [3.8, 4) is 5.69 Å². The van der Waals surface area contributed by atoms with Gasteiger partial charge in [-0.2, -0.15) is 14.9 Å². The fraction of sp³-hybridized carbons (Fsp3) is 0.333. The van der Waals surface area contributed by atoms with E-state index < -0.39 is 0 Å². The fourth-order valence-electron chi connectivity index (χ4n) is 2.43. The number of aromatic nitrogens is 5. The Labute approximate surface area is 144 Å². The van der Waals surface area contributed by atoms with Gasteiger partial charge in [0.2, 0.25) is 0 Å². The number of hydrogen-bond acceptors (Lipinski definition) is 5. The Morgan fingerprint density at radius 3 is 2.61 bits per heavy atom. The minimum atomic E-state index is 0.337. The molecule has 0 saturated carbocycles. The summed E-state index contributed by atoms with van der Waals surface area (Å²) in [5.74, 6) is 0. The molecule has 0 aliphatic heterocycles. The largest absolute Gasteiger partial charge is 0.313 e. The van der Waals surface area contributed by atoms with E-state index in [9.17, 15) is 0 Å². The molecule has 2 heterocycles. The van der Waals surface area contributed by atoms with Crippen LogP contribution in [0.1, 0.15) is 23.5 Å². The molecule has 2 atom stereocenters. The summed E-state index contributed by atoms with van der Waals surface area (Å²) in [6, 6.07) is 8.73. The summed E-state index contributed by atoms with van der Waals surface area (Å²) in [6.45, 7) is 4.95. The average Bonchev–Trinajstić information content (AvgIpc) is 3.17. The first-order chi connectivity index (χ1) is 11.0. The molecular formula is C15H19N6S2+. The highest BCUT2D eigenvalue weighted by atomic mass is 32.1. The maximum atomic E-state index is 5.35. The van der Waals surface area contributed by atoms with Crippen LogP contribution in [0.3, 0.4) is 0 Å². The van der Waals surface area contributed by atoms with Crippen LogP contribution in [0.4, 0.5) is 0 Å². The molecule has 0 aliphatic rings. The number of aryl methyl sites for hydroxylation is 1. The second-order valence-electron chi connectivity index (χ2n) is 5.54. The highest BCUT2D eigenvalue weighted by Crippen LogP contribution is 2.13. The molecule has 0 saturated heterocycles. The molecule has 8 heteroatoms. The monoisotopic (exact) mass is 347 g/mol. The van der Waals surface area contributed by atoms with Crippen molar-refractivity contribution in [2.75, 3.05) is 7.05 Å². The smallest absolute Gasteiger partial charge is 0.184 e. The number of nitrogens with one attached hydrogen (secondary N) is 1. The number of hydrogen-bond donors (Lipinski definition) is 1. The molecule has 23 heavy (non-hydrogen) atoms. The molecular weight excluding hydrogens is 328 g/mol. The Bertz CT molecular complexity index is 819. The molecule has 120 valence electrons. The second-order valence-corrected chi connectivity index (χ2v) is 7.37. The van der Waals surface area contributed by atoms with Crippen molar-refractivity contribution in [3.05, 3.63) is 51.4 Å². The van der Waals surface area contributed by atoms with Gasteiger partial charge in [0.25, 0.3) is 0 Å². The zero-order valence-corrected chi connectivity index (χ0v) is 14.9. The summed E-state index contributed by atoms with van der Waals surface area (Å²) in [5.41, 5.74) is 2.28. The maximum Gasteiger partial charge on any atom is 0.184 e. The lowest BCUT2D eigenvalue weighted by Gasteiger charge is -2.22. The van der Waals surface area contributed by atoms with Gasteiger partial charge in [-0.15, -0.1) is 0 Å². The van der Waals surface area contributed by atoms with E-state index in [2.05, 4.69) is 53.4 Å². The van der Waals surface area contributed by atoms with Crippen molar-refractivity contribution in [1.82, 2.24) is 24.5 Å². The van der Waals surface area contributed by atoms with Crippen LogP contribution in [0.5, 0.6) is 0 Å². The van der Waals surface area contributed by atoms with Gasteiger partial charge in [0.1, 0.15) is 23.7 Å². The molecule has 0 aliphatic carbocycles. The molecule has 0 fully saturated rings. The van der Waals surface area contributed by atoms with Crippen LogP contribution in [-0.2, 0) is 6.67 Å². The summed E-state index contributed by atoms with van der Waals surface area (Å²) in [6.07, 6.45) is 3.23. The Morgan fingerprint density at radius 2 is 2.04 bits per heavy atom. The Kier molecular flexibility index (Phi) is 4.65. The summed E-state index contributed by atoms with van der Waals surface area (Å²) in [7, 11) is 2.16. The lowest BCUT2D eigenvalue weighted by atomic mass is 10.1. The first-order valence-corrected chi connectivity index (χ1v) is 8.59. The zero-order chi connectivity index (χ0) is 16.4. The second kappa shape index (κ2) is 6.69. The zero-order valence-electron chi connectivity index (χ0n) is 13.3. The number of benzene rings is 1. The minimum Gasteiger partial charge on any atom is -0.313 e. The van der Waals surface area contributed by atoms with E-state index in [4.69, 9.17) is 12.2 Å². The van der Waals surface area contributed by atoms with E-state index in [0.29, 0.717) is 6.04 Å². The van der Waals surface area contributed by atoms with E-state index in [1.807, 2.05) is 11.6 Å². The molecule has 1 aromatic carbocycles. The molecule has 1 unspecified atom stereocenters. The van der Waals surface area contributed by atoms with E-state index in [-0.39, 0.29) is 0 Å². The topological polar surface area (TPSA) is 53.0 Å². The van der Waals surface area contributed by atoms with E-state index in [1.54, 1.807) is 22.3 Å². The Balaban J connectivity index is 1.73. The molecule has 1 N–H and O–H groups in total. The highest BCUT2D eigenvalue weighted by Gasteiger charge is 2.17. The van der Waals surface area contributed by atoms with Crippen LogP contribution >= 0.6 is 23.6 Å². The van der Waals surface area contributed by atoms with Gasteiger partial charge in [-0.25, -0.2) is 9.67 Å². The van der Waals surface area contributed by atoms with Crippen LogP contribution < -0.4 is 4.90 Å². The van der Waals surface area contributed by atoms with Crippen molar-refractivity contribution in [1.29, 1.82) is 0 Å². The molecule has 0 bridgehead atoms. The van der Waals surface area contributed by atoms with Gasteiger partial charge in [0, 0.05) is 5.56 Å². The van der Waals surface area contributed by atoms with Gasteiger partial charge in [-0.1, -0.05) is 23.5 Å². The third kappa shape index (κ3) is 3.54. The van der Waals surface area contributed by atoms with Gasteiger partial charge in [-0.05, 0) is 38.2 Å². The number of rotatable bonds is 5. The SMILES string of the molecule is Cc1nn(C[NH+](C)[C@H](C)c2ccc(-n3cncn3)cc2)c(=S)s1. The maximum absolute atomic E-state index is 5.35. The summed E-state index contributed by atoms with van der Waals surface area (Å²) < 4.78 is 4.49. The van der Waals surface area contributed by atoms with Crippen molar-refractivity contribution in [2.45, 2.75) is 26.6 Å². The average molecular weight is 347 g/mol. The molecule has 6 nitrogen and oxygen atoms in total. The van der Waals surface area contributed by atoms with Crippen LogP contribution in [-0.4, -0.2) is 31.6 Å². The molecule has 3 aromatic rings. The number of quaternary nitrogens is 1. The van der Waals surface area contributed by atoms with Gasteiger partial charge in [0.15, 0.2) is 10.6 Å². The quantitative estimate of drug-likeness (QED) is 0.715. The minimum absolute atomic E-state index is 0.337. The Hall–Kier alpha value is -1.90. The Morgan fingerprint density at radius 1 is 1.30 bits per heavy atom. The van der Waals surface area contributed by atoms with Gasteiger partial charge in [-0.3, -0.25) is 0 Å². The molecule has 3 rings (SSSR count). The lowest BCUT2D eigenvalue weighted by molar-refractivity contribution is -0.933. The molecule has 2 aromatic heterocycles. The summed E-state index contributed by atoms with van der Waals surface area (Å²) in [5, 5.41) is 9.62. The van der Waals surface area contributed by atoms with E-state index in [1.165, 1.54) is 16.8 Å². The van der Waals surface area contributed by atoms with E-state index >= 15 is 0 Å². The third-order valence-electron chi connectivity index (χ3n) is 3.92. The fourth-order valence-corrected chi connectivity index (χ4v) is 3.50. The van der Waals surface area contributed by atoms with Crippen LogP contribution in [0, 0.1) is 10.9 Å². The van der Waals surface area contributed by atoms with Crippen molar-refractivity contribution >= 4 is 23.6 Å². The number of nitrogens with zero attached hydrogens (tertiary/aromatic N) is 5. The lowest BCUT2D eigenvalue weighted by Crippen LogP contribution is -3.08. The van der Waals surface area contributed by atoms with Crippen molar-refractivity contribution in [2.24, 2.45) is 0 Å². The first-order valence-electron chi connectivity index (χ1n) is 7.36. The van der Waals surface area contributed by atoms with Crippen LogP contribution in [0.15, 0.2) is 36.9 Å². The predicted octanol–water partition coefficient (Wildman–Crippen LogP) is 1.80. The van der Waals surface area contributed by atoms with Gasteiger partial charge < -0.3 is 4.90 Å². The molecule has 0 spiro atoms. The van der Waals surface area contributed by atoms with Gasteiger partial charge in [0.05, 0.1) is 12.7 Å². The van der Waals surface area contributed by atoms with Gasteiger partial charge >= 0.3 is 0 Å². The van der Waals surface area contributed by atoms with E-state index in [0.717, 1.165) is 21.3 Å². The predicted molar refractivity (Wildman–Crippen MR) is 92.3 cm³/mol. The standard InChI is InChI=1S/C15H18N6S2/c1-11(19(3)10-21-15(22)23-12(2)18-21)13-4-6-14(7-5-13)20-9-16-8-17-20/h4-9,11H,10H2,1-3H3/p+1/t11-/m1/s1. The summed E-state index contributed by atoms with van der Waals surface area (Å²) >= 11 is 6.90. The first kappa shape index (κ1) is 16.0.